The topological polar surface area (TPSA) is 43.6 Å². The summed E-state index contributed by atoms with van der Waals surface area (Å²) in [7, 11) is 0. The molecule has 0 radical (unpaired) electrons. The van der Waals surface area contributed by atoms with Crippen LogP contribution in [0.4, 0.5) is 0 Å². The Hall–Kier alpha value is -7.21. The zero-order valence-electron chi connectivity index (χ0n) is 37.0. The molecular formula is C59H48N4S. The van der Waals surface area contributed by atoms with Crippen LogP contribution in [0.2, 0.25) is 0 Å². The molecule has 0 N–H and O–H groups in total. The second-order valence-corrected chi connectivity index (χ2v) is 20.0. The Morgan fingerprint density at radius 3 is 1.59 bits per heavy atom. The first-order valence-electron chi connectivity index (χ1n) is 22.1. The Bertz CT molecular complexity index is 3500. The van der Waals surface area contributed by atoms with Crippen LogP contribution in [0.15, 0.2) is 182 Å². The van der Waals surface area contributed by atoms with Crippen LogP contribution in [0, 0.1) is 0 Å². The SMILES string of the molecule is CC(C)(C)c1ccc2c(c1)c1cc(C(C)(C)C)ccc1n2-c1cc(-c2ccccc2)ccc1-c1nc(-c2ccccc2)nc(-c2cccc(-c3cccc4c3sc3ccccc34)c2)n1. The van der Waals surface area contributed by atoms with Crippen LogP contribution in [0.1, 0.15) is 52.7 Å². The Balaban J connectivity index is 1.16. The van der Waals surface area contributed by atoms with Crippen LogP contribution in [-0.4, -0.2) is 19.5 Å². The number of aromatic nitrogens is 4. The molecule has 0 atom stereocenters. The zero-order chi connectivity index (χ0) is 43.7. The average molecular weight is 845 g/mol. The molecule has 0 bridgehead atoms. The van der Waals surface area contributed by atoms with Gasteiger partial charge in [-0.2, -0.15) is 0 Å². The second kappa shape index (κ2) is 15.3. The summed E-state index contributed by atoms with van der Waals surface area (Å²) in [6.45, 7) is 13.7. The van der Waals surface area contributed by atoms with Crippen molar-refractivity contribution in [3.05, 3.63) is 193 Å². The van der Waals surface area contributed by atoms with E-state index in [9.17, 15) is 0 Å². The fourth-order valence-electron chi connectivity index (χ4n) is 9.07. The molecule has 0 amide bonds. The maximum Gasteiger partial charge on any atom is 0.166 e. The van der Waals surface area contributed by atoms with E-state index in [-0.39, 0.29) is 10.8 Å². The van der Waals surface area contributed by atoms with Crippen molar-refractivity contribution >= 4 is 53.3 Å². The molecule has 0 fully saturated rings. The van der Waals surface area contributed by atoms with Crippen molar-refractivity contribution in [1.82, 2.24) is 19.5 Å². The van der Waals surface area contributed by atoms with Crippen molar-refractivity contribution in [3.63, 3.8) is 0 Å². The van der Waals surface area contributed by atoms with E-state index < -0.39 is 0 Å². The highest BCUT2D eigenvalue weighted by Gasteiger charge is 2.24. The minimum absolute atomic E-state index is 0.0144. The van der Waals surface area contributed by atoms with Crippen molar-refractivity contribution < 1.29 is 0 Å². The molecule has 310 valence electrons. The smallest absolute Gasteiger partial charge is 0.166 e. The first-order valence-corrected chi connectivity index (χ1v) is 22.9. The van der Waals surface area contributed by atoms with E-state index >= 15 is 0 Å². The van der Waals surface area contributed by atoms with Crippen molar-refractivity contribution in [3.8, 4) is 62.1 Å². The molecule has 0 unspecified atom stereocenters. The highest BCUT2D eigenvalue weighted by molar-refractivity contribution is 7.26. The fraction of sp³-hybridized carbons (Fsp3) is 0.136. The lowest BCUT2D eigenvalue weighted by Gasteiger charge is -2.19. The van der Waals surface area contributed by atoms with Crippen molar-refractivity contribution in [2.75, 3.05) is 0 Å². The van der Waals surface area contributed by atoms with Gasteiger partial charge >= 0.3 is 0 Å². The quantitative estimate of drug-likeness (QED) is 0.167. The summed E-state index contributed by atoms with van der Waals surface area (Å²) in [5, 5.41) is 5.03. The Labute approximate surface area is 378 Å². The van der Waals surface area contributed by atoms with Gasteiger partial charge in [-0.1, -0.05) is 175 Å². The minimum atomic E-state index is -0.0144. The van der Waals surface area contributed by atoms with Gasteiger partial charge in [0.05, 0.1) is 16.7 Å². The number of benzene rings is 8. The lowest BCUT2D eigenvalue weighted by Crippen LogP contribution is -2.10. The third kappa shape index (κ3) is 6.97. The summed E-state index contributed by atoms with van der Waals surface area (Å²) in [5.41, 5.74) is 13.2. The highest BCUT2D eigenvalue weighted by Crippen LogP contribution is 2.43. The van der Waals surface area contributed by atoms with Crippen LogP contribution in [0.25, 0.3) is 104 Å². The van der Waals surface area contributed by atoms with Crippen LogP contribution >= 0.6 is 11.3 Å². The summed E-state index contributed by atoms with van der Waals surface area (Å²) in [4.78, 5) is 16.0. The van der Waals surface area contributed by atoms with Gasteiger partial charge in [0, 0.05) is 47.6 Å². The van der Waals surface area contributed by atoms with E-state index in [0.29, 0.717) is 17.5 Å². The molecule has 0 aliphatic rings. The summed E-state index contributed by atoms with van der Waals surface area (Å²) in [6, 6.07) is 65.6. The molecular weight excluding hydrogens is 797 g/mol. The van der Waals surface area contributed by atoms with Gasteiger partial charge in [-0.15, -0.1) is 11.3 Å². The van der Waals surface area contributed by atoms with Crippen molar-refractivity contribution in [2.45, 2.75) is 52.4 Å². The number of fused-ring (bicyclic) bond motifs is 6. The molecule has 3 aromatic heterocycles. The largest absolute Gasteiger partial charge is 0.308 e. The molecule has 64 heavy (non-hydrogen) atoms. The van der Waals surface area contributed by atoms with E-state index in [1.807, 2.05) is 29.5 Å². The molecule has 8 aromatic carbocycles. The number of thiophene rings is 1. The number of nitrogens with zero attached hydrogens (tertiary/aromatic N) is 4. The van der Waals surface area contributed by atoms with Crippen molar-refractivity contribution in [1.29, 1.82) is 0 Å². The van der Waals surface area contributed by atoms with Gasteiger partial charge in [-0.25, -0.2) is 15.0 Å². The predicted octanol–water partition coefficient (Wildman–Crippen LogP) is 16.3. The minimum Gasteiger partial charge on any atom is -0.308 e. The third-order valence-electron chi connectivity index (χ3n) is 12.6. The Kier molecular flexibility index (Phi) is 9.44. The average Bonchev–Trinajstić information content (AvgIpc) is 3.86. The molecule has 0 saturated carbocycles. The number of hydrogen-bond acceptors (Lipinski definition) is 4. The number of rotatable bonds is 6. The first kappa shape index (κ1) is 39.6. The molecule has 0 saturated heterocycles. The maximum absolute atomic E-state index is 5.42. The van der Waals surface area contributed by atoms with Gasteiger partial charge in [0.25, 0.3) is 0 Å². The van der Waals surface area contributed by atoms with Crippen LogP contribution in [-0.2, 0) is 10.8 Å². The lowest BCUT2D eigenvalue weighted by molar-refractivity contribution is 0.590. The maximum atomic E-state index is 5.42. The van der Waals surface area contributed by atoms with Crippen LogP contribution in [0.5, 0.6) is 0 Å². The lowest BCUT2D eigenvalue weighted by atomic mass is 9.85. The normalized spacial score (nSPS) is 12.2. The molecule has 3 heterocycles. The molecule has 0 aliphatic carbocycles. The Morgan fingerprint density at radius 2 is 0.922 bits per heavy atom. The zero-order valence-corrected chi connectivity index (χ0v) is 37.8. The standard InChI is InChI=1S/C59H48N4S/c1-58(2,3)42-28-31-50-48(35-42)49-36-43(59(4,5)6)29-32-51(49)63(50)52-34-39(37-17-9-7-10-18-37)27-30-47(52)57-61-55(38-19-11-8-12-20-38)60-56(62-57)41-22-15-21-40(33-41)44-24-16-25-46-45-23-13-14-26-53(45)64-54(44)46/h7-36H,1-6H3. The van der Waals surface area contributed by atoms with Crippen LogP contribution < -0.4 is 0 Å². The Morgan fingerprint density at radius 1 is 0.375 bits per heavy atom. The molecule has 0 spiro atoms. The van der Waals surface area contributed by atoms with Gasteiger partial charge < -0.3 is 4.57 Å². The van der Waals surface area contributed by atoms with Gasteiger partial charge in [0.15, 0.2) is 17.5 Å². The van der Waals surface area contributed by atoms with E-state index in [0.717, 1.165) is 50.1 Å². The fourth-order valence-corrected chi connectivity index (χ4v) is 10.3. The van der Waals surface area contributed by atoms with E-state index in [1.165, 1.54) is 47.6 Å². The van der Waals surface area contributed by atoms with Gasteiger partial charge in [-0.05, 0) is 92.7 Å². The van der Waals surface area contributed by atoms with E-state index in [1.54, 1.807) is 0 Å². The van der Waals surface area contributed by atoms with Gasteiger partial charge in [-0.3, -0.25) is 0 Å². The summed E-state index contributed by atoms with van der Waals surface area (Å²) in [6.07, 6.45) is 0. The molecule has 11 rings (SSSR count). The molecule has 5 heteroatoms. The summed E-state index contributed by atoms with van der Waals surface area (Å²) < 4.78 is 5.00. The first-order chi connectivity index (χ1) is 31.0. The second-order valence-electron chi connectivity index (χ2n) is 18.9. The third-order valence-corrected chi connectivity index (χ3v) is 13.8. The van der Waals surface area contributed by atoms with Gasteiger partial charge in [0.2, 0.25) is 0 Å². The van der Waals surface area contributed by atoms with Crippen molar-refractivity contribution in [2.24, 2.45) is 0 Å². The summed E-state index contributed by atoms with van der Waals surface area (Å²) in [5.74, 6) is 1.87. The molecule has 0 aliphatic heterocycles. The molecule has 11 aromatic rings. The predicted molar refractivity (Wildman–Crippen MR) is 272 cm³/mol. The molecule has 4 nitrogen and oxygen atoms in total. The van der Waals surface area contributed by atoms with Gasteiger partial charge in [0.1, 0.15) is 0 Å². The summed E-state index contributed by atoms with van der Waals surface area (Å²) >= 11 is 1.85. The van der Waals surface area contributed by atoms with E-state index in [4.69, 9.17) is 15.0 Å². The monoisotopic (exact) mass is 844 g/mol. The van der Waals surface area contributed by atoms with Crippen LogP contribution in [0.3, 0.4) is 0 Å². The highest BCUT2D eigenvalue weighted by atomic mass is 32.1. The van der Waals surface area contributed by atoms with E-state index in [2.05, 4.69) is 210 Å². The number of hydrogen-bond donors (Lipinski definition) is 0.